The molecule has 0 radical (unpaired) electrons. The zero-order valence-electron chi connectivity index (χ0n) is 30.4. The van der Waals surface area contributed by atoms with Gasteiger partial charge in [0.2, 0.25) is 0 Å². The number of aromatic amines is 1. The number of fused-ring (bicyclic) bond motifs is 3. The molecule has 0 aliphatic rings. The lowest BCUT2D eigenvalue weighted by Gasteiger charge is -2.26. The van der Waals surface area contributed by atoms with E-state index >= 15 is 0 Å². The molecule has 0 aliphatic carbocycles. The summed E-state index contributed by atoms with van der Waals surface area (Å²) in [6.45, 7) is 20.4. The van der Waals surface area contributed by atoms with Crippen molar-refractivity contribution in [2.24, 2.45) is 0 Å². The summed E-state index contributed by atoms with van der Waals surface area (Å²) in [7, 11) is 0. The quantitative estimate of drug-likeness (QED) is 0.208. The smallest absolute Gasteiger partial charge is 0.0736 e. The number of nitrogens with one attached hydrogen (secondary N) is 1. The molecule has 0 saturated carbocycles. The monoisotopic (exact) mass is 641 g/mol. The summed E-state index contributed by atoms with van der Waals surface area (Å²) in [5.74, 6) is 0. The van der Waals surface area contributed by atoms with Crippen LogP contribution in [0.15, 0.2) is 115 Å². The Hall–Kier alpha value is -5.02. The molecule has 3 heteroatoms. The average molecular weight is 642 g/mol. The first-order valence-corrected chi connectivity index (χ1v) is 17.4. The Morgan fingerprint density at radius 1 is 0.449 bits per heavy atom. The van der Waals surface area contributed by atoms with Crippen molar-refractivity contribution in [1.29, 1.82) is 0 Å². The van der Waals surface area contributed by atoms with E-state index in [1.165, 1.54) is 33.0 Å². The summed E-state index contributed by atoms with van der Waals surface area (Å²) in [5.41, 5.74) is 14.6. The SMILES string of the molecule is CC(C)(C)c1ccc(-c2cccc(-c3cc(-c4cc(C(C)(C)C)cc(C(C)(C)C)c4)cc(-c4cccc5c4[nH]c4ccccc45)n3)c2)nc1. The maximum atomic E-state index is 5.40. The van der Waals surface area contributed by atoms with Crippen LogP contribution in [0.3, 0.4) is 0 Å². The number of para-hydroxylation sites is 2. The third-order valence-electron chi connectivity index (χ3n) is 9.72. The molecular weight excluding hydrogens is 595 g/mol. The van der Waals surface area contributed by atoms with Gasteiger partial charge in [-0.15, -0.1) is 0 Å². The number of nitrogens with zero attached hydrogens (tertiary/aromatic N) is 2. The zero-order valence-corrected chi connectivity index (χ0v) is 30.4. The van der Waals surface area contributed by atoms with E-state index in [0.717, 1.165) is 50.4 Å². The van der Waals surface area contributed by atoms with Gasteiger partial charge in [-0.2, -0.15) is 0 Å². The first kappa shape index (κ1) is 32.5. The fourth-order valence-electron chi connectivity index (χ4n) is 6.58. The van der Waals surface area contributed by atoms with Crippen LogP contribution in [0.1, 0.15) is 79.0 Å². The Labute approximate surface area is 291 Å². The Morgan fingerprint density at radius 3 is 1.69 bits per heavy atom. The second-order valence-electron chi connectivity index (χ2n) is 16.6. The first-order chi connectivity index (χ1) is 23.1. The second-order valence-corrected chi connectivity index (χ2v) is 16.6. The van der Waals surface area contributed by atoms with Gasteiger partial charge in [0.25, 0.3) is 0 Å². The Morgan fingerprint density at radius 2 is 1.04 bits per heavy atom. The Kier molecular flexibility index (Phi) is 7.86. The molecule has 1 N–H and O–H groups in total. The largest absolute Gasteiger partial charge is 0.354 e. The summed E-state index contributed by atoms with van der Waals surface area (Å²) in [6, 6.07) is 39.7. The topological polar surface area (TPSA) is 41.6 Å². The summed E-state index contributed by atoms with van der Waals surface area (Å²) < 4.78 is 0. The average Bonchev–Trinajstić information content (AvgIpc) is 3.46. The highest BCUT2D eigenvalue weighted by atomic mass is 14.7. The maximum absolute atomic E-state index is 5.40. The van der Waals surface area contributed by atoms with Gasteiger partial charge < -0.3 is 4.98 Å². The Balaban J connectivity index is 1.45. The van der Waals surface area contributed by atoms with Crippen molar-refractivity contribution in [3.63, 3.8) is 0 Å². The van der Waals surface area contributed by atoms with E-state index in [4.69, 9.17) is 9.97 Å². The predicted octanol–water partition coefficient (Wildman–Crippen LogP) is 12.7. The van der Waals surface area contributed by atoms with Gasteiger partial charge in [0, 0.05) is 39.2 Å². The molecule has 7 aromatic rings. The standard InChI is InChI=1S/C46H47N3/c1-44(2,3)33-20-21-39(47-28-33)29-14-12-15-30(22-29)41-25-32(31-23-34(45(4,5)6)27-35(24-31)46(7,8)9)26-42(48-41)38-18-13-17-37-36-16-10-11-19-40(36)49-43(37)38/h10-28,49H,1-9H3. The number of H-pyrrole nitrogens is 1. The van der Waals surface area contributed by atoms with Gasteiger partial charge in [-0.3, -0.25) is 4.98 Å². The van der Waals surface area contributed by atoms with E-state index < -0.39 is 0 Å². The number of benzene rings is 4. The van der Waals surface area contributed by atoms with Crippen LogP contribution in [0.4, 0.5) is 0 Å². The van der Waals surface area contributed by atoms with Crippen molar-refractivity contribution in [2.45, 2.75) is 78.6 Å². The number of rotatable bonds is 4. The van der Waals surface area contributed by atoms with E-state index in [1.807, 2.05) is 6.20 Å². The summed E-state index contributed by atoms with van der Waals surface area (Å²) >= 11 is 0. The van der Waals surface area contributed by atoms with Crippen molar-refractivity contribution in [3.8, 4) is 44.9 Å². The molecule has 0 unspecified atom stereocenters. The van der Waals surface area contributed by atoms with Crippen molar-refractivity contribution < 1.29 is 0 Å². The summed E-state index contributed by atoms with van der Waals surface area (Å²) in [4.78, 5) is 14.0. The van der Waals surface area contributed by atoms with Crippen LogP contribution >= 0.6 is 0 Å². The molecule has 0 aliphatic heterocycles. The minimum Gasteiger partial charge on any atom is -0.354 e. The molecule has 3 nitrogen and oxygen atoms in total. The highest BCUT2D eigenvalue weighted by molar-refractivity contribution is 6.11. The third-order valence-corrected chi connectivity index (χ3v) is 9.72. The van der Waals surface area contributed by atoms with Gasteiger partial charge in [-0.05, 0) is 74.4 Å². The van der Waals surface area contributed by atoms with Crippen LogP contribution in [0.5, 0.6) is 0 Å². The fourth-order valence-corrected chi connectivity index (χ4v) is 6.58. The lowest BCUT2D eigenvalue weighted by molar-refractivity contribution is 0.569. The third kappa shape index (κ3) is 6.43. The minimum absolute atomic E-state index is 0.00845. The van der Waals surface area contributed by atoms with Crippen molar-refractivity contribution >= 4 is 21.8 Å². The van der Waals surface area contributed by atoms with Gasteiger partial charge in [0.15, 0.2) is 0 Å². The van der Waals surface area contributed by atoms with Gasteiger partial charge in [0.1, 0.15) is 0 Å². The van der Waals surface area contributed by atoms with E-state index in [9.17, 15) is 0 Å². The van der Waals surface area contributed by atoms with E-state index in [1.54, 1.807) is 0 Å². The highest BCUT2D eigenvalue weighted by Crippen LogP contribution is 2.39. The zero-order chi connectivity index (χ0) is 34.7. The van der Waals surface area contributed by atoms with Crippen LogP contribution in [-0.4, -0.2) is 15.0 Å². The van der Waals surface area contributed by atoms with Crippen molar-refractivity contribution in [1.82, 2.24) is 15.0 Å². The van der Waals surface area contributed by atoms with Crippen LogP contribution < -0.4 is 0 Å². The lowest BCUT2D eigenvalue weighted by Crippen LogP contribution is -2.16. The molecule has 3 aromatic heterocycles. The van der Waals surface area contributed by atoms with Crippen LogP contribution in [0.25, 0.3) is 66.7 Å². The van der Waals surface area contributed by atoms with E-state index in [2.05, 4.69) is 176 Å². The van der Waals surface area contributed by atoms with Gasteiger partial charge in [0.05, 0.1) is 22.6 Å². The number of pyridine rings is 2. The number of hydrogen-bond acceptors (Lipinski definition) is 2. The second kappa shape index (κ2) is 11.8. The van der Waals surface area contributed by atoms with Gasteiger partial charge in [-0.1, -0.05) is 141 Å². The minimum atomic E-state index is 0.00845. The molecule has 4 aromatic carbocycles. The normalized spacial score (nSPS) is 12.6. The van der Waals surface area contributed by atoms with Crippen LogP contribution in [0.2, 0.25) is 0 Å². The van der Waals surface area contributed by atoms with E-state index in [0.29, 0.717) is 0 Å². The van der Waals surface area contributed by atoms with Crippen LogP contribution in [-0.2, 0) is 16.2 Å². The maximum Gasteiger partial charge on any atom is 0.0736 e. The van der Waals surface area contributed by atoms with Gasteiger partial charge >= 0.3 is 0 Å². The number of hydrogen-bond donors (Lipinski definition) is 1. The van der Waals surface area contributed by atoms with E-state index in [-0.39, 0.29) is 16.2 Å². The highest BCUT2D eigenvalue weighted by Gasteiger charge is 2.22. The molecule has 0 bridgehead atoms. The molecule has 246 valence electrons. The molecular formula is C46H47N3. The molecule has 3 heterocycles. The molecule has 49 heavy (non-hydrogen) atoms. The van der Waals surface area contributed by atoms with Gasteiger partial charge in [-0.25, -0.2) is 4.98 Å². The first-order valence-electron chi connectivity index (χ1n) is 17.4. The summed E-state index contributed by atoms with van der Waals surface area (Å²) in [6.07, 6.45) is 2.01. The van der Waals surface area contributed by atoms with Crippen molar-refractivity contribution in [3.05, 3.63) is 132 Å². The molecule has 7 rings (SSSR count). The molecule has 0 fully saturated rings. The Bertz CT molecular complexity index is 2290. The van der Waals surface area contributed by atoms with Crippen LogP contribution in [0, 0.1) is 0 Å². The molecule has 0 saturated heterocycles. The molecule has 0 spiro atoms. The number of aromatic nitrogens is 3. The lowest BCUT2D eigenvalue weighted by atomic mass is 9.79. The molecule has 0 amide bonds. The van der Waals surface area contributed by atoms with Crippen molar-refractivity contribution in [2.75, 3.05) is 0 Å². The molecule has 0 atom stereocenters. The fraction of sp³-hybridized carbons (Fsp3) is 0.261. The summed E-state index contributed by atoms with van der Waals surface area (Å²) in [5, 5.41) is 2.43. The predicted molar refractivity (Wildman–Crippen MR) is 209 cm³/mol.